The van der Waals surface area contributed by atoms with Gasteiger partial charge < -0.3 is 10.8 Å². The molecule has 1 aromatic rings. The van der Waals surface area contributed by atoms with Crippen LogP contribution in [-0.2, 0) is 9.84 Å². The highest BCUT2D eigenvalue weighted by Crippen LogP contribution is 2.19. The quantitative estimate of drug-likeness (QED) is 0.822. The van der Waals surface area contributed by atoms with Gasteiger partial charge >= 0.3 is 0 Å². The predicted molar refractivity (Wildman–Crippen MR) is 62.8 cm³/mol. The first-order valence-corrected chi connectivity index (χ1v) is 6.66. The van der Waals surface area contributed by atoms with E-state index in [1.807, 2.05) is 13.8 Å². The Kier molecular flexibility index (Phi) is 4.07. The van der Waals surface area contributed by atoms with E-state index in [9.17, 15) is 13.5 Å². The number of benzene rings is 1. The van der Waals surface area contributed by atoms with Gasteiger partial charge in [0, 0.05) is 6.54 Å². The molecule has 5 heteroatoms. The topological polar surface area (TPSA) is 80.4 Å². The lowest BCUT2D eigenvalue weighted by Gasteiger charge is -2.11. The van der Waals surface area contributed by atoms with Gasteiger partial charge in [0.2, 0.25) is 9.84 Å². The lowest BCUT2D eigenvalue weighted by molar-refractivity contribution is 0.256. The molecule has 0 fully saturated rings. The van der Waals surface area contributed by atoms with Crippen LogP contribution in [0.5, 0.6) is 0 Å². The zero-order chi connectivity index (χ0) is 12.3. The van der Waals surface area contributed by atoms with Crippen molar-refractivity contribution in [3.8, 4) is 0 Å². The van der Waals surface area contributed by atoms with Crippen LogP contribution in [0.3, 0.4) is 0 Å². The average Bonchev–Trinajstić information content (AvgIpc) is 2.28. The van der Waals surface area contributed by atoms with Crippen molar-refractivity contribution in [1.82, 2.24) is 0 Å². The fourth-order valence-electron chi connectivity index (χ4n) is 1.33. The number of aliphatic hydroxyl groups excluding tert-OH is 1. The molecule has 1 atom stereocenters. The molecule has 0 aliphatic carbocycles. The smallest absolute Gasteiger partial charge is 0.206 e. The molecule has 1 rings (SSSR count). The fourth-order valence-corrected chi connectivity index (χ4v) is 2.41. The maximum absolute atomic E-state index is 11.7. The van der Waals surface area contributed by atoms with Gasteiger partial charge in [0.05, 0.1) is 4.90 Å². The van der Waals surface area contributed by atoms with Crippen LogP contribution >= 0.6 is 0 Å². The van der Waals surface area contributed by atoms with Gasteiger partial charge in [-0.2, -0.15) is 0 Å². The highest BCUT2D eigenvalue weighted by Gasteiger charge is 2.23. The predicted octanol–water partition coefficient (Wildman–Crippen LogP) is 0.861. The molecule has 90 valence electrons. The Hall–Kier alpha value is -0.910. The van der Waals surface area contributed by atoms with Crippen molar-refractivity contribution in [1.29, 1.82) is 0 Å². The Morgan fingerprint density at radius 3 is 2.12 bits per heavy atom. The molecule has 0 radical (unpaired) electrons. The maximum Gasteiger partial charge on any atom is 0.206 e. The average molecular weight is 243 g/mol. The van der Waals surface area contributed by atoms with E-state index in [1.165, 1.54) is 12.1 Å². The van der Waals surface area contributed by atoms with E-state index in [0.717, 1.165) is 5.56 Å². The third-order valence-electron chi connectivity index (χ3n) is 2.44. The van der Waals surface area contributed by atoms with Gasteiger partial charge in [0.25, 0.3) is 0 Å². The summed E-state index contributed by atoms with van der Waals surface area (Å²) in [4.78, 5) is 0.106. The van der Waals surface area contributed by atoms with E-state index in [-0.39, 0.29) is 11.4 Å². The van der Waals surface area contributed by atoms with E-state index in [2.05, 4.69) is 0 Å². The van der Waals surface area contributed by atoms with Crippen LogP contribution in [0.1, 0.15) is 25.3 Å². The van der Waals surface area contributed by atoms with Crippen molar-refractivity contribution in [3.63, 3.8) is 0 Å². The Morgan fingerprint density at radius 1 is 1.25 bits per heavy atom. The minimum Gasteiger partial charge on any atom is -0.376 e. The van der Waals surface area contributed by atoms with Crippen LogP contribution in [-0.4, -0.2) is 25.5 Å². The monoisotopic (exact) mass is 243 g/mol. The van der Waals surface area contributed by atoms with Crippen LogP contribution in [0.4, 0.5) is 0 Å². The molecule has 0 bridgehead atoms. The van der Waals surface area contributed by atoms with Gasteiger partial charge in [-0.3, -0.25) is 0 Å². The van der Waals surface area contributed by atoms with Crippen LogP contribution in [0.2, 0.25) is 0 Å². The summed E-state index contributed by atoms with van der Waals surface area (Å²) in [5.74, 6) is 0.344. The Labute approximate surface area is 96.0 Å². The van der Waals surface area contributed by atoms with Gasteiger partial charge in [-0.1, -0.05) is 26.0 Å². The molecule has 0 amide bonds. The highest BCUT2D eigenvalue weighted by molar-refractivity contribution is 7.91. The number of hydrogen-bond acceptors (Lipinski definition) is 4. The van der Waals surface area contributed by atoms with Gasteiger partial charge in [0.15, 0.2) is 5.44 Å². The van der Waals surface area contributed by atoms with Crippen LogP contribution in [0, 0.1) is 0 Å². The fraction of sp³-hybridized carbons (Fsp3) is 0.455. The van der Waals surface area contributed by atoms with Gasteiger partial charge in [-0.05, 0) is 23.6 Å². The van der Waals surface area contributed by atoms with E-state index < -0.39 is 15.3 Å². The second kappa shape index (κ2) is 4.95. The lowest BCUT2D eigenvalue weighted by Crippen LogP contribution is -2.29. The zero-order valence-electron chi connectivity index (χ0n) is 9.42. The maximum atomic E-state index is 11.7. The van der Waals surface area contributed by atoms with Crippen molar-refractivity contribution >= 4 is 9.84 Å². The molecule has 0 spiro atoms. The summed E-state index contributed by atoms with van der Waals surface area (Å²) in [5, 5.41) is 9.30. The molecule has 0 heterocycles. The third-order valence-corrected chi connectivity index (χ3v) is 4.27. The van der Waals surface area contributed by atoms with Crippen molar-refractivity contribution in [2.75, 3.05) is 6.54 Å². The Morgan fingerprint density at radius 2 is 1.75 bits per heavy atom. The molecule has 0 aromatic heterocycles. The summed E-state index contributed by atoms with van der Waals surface area (Å²) in [6, 6.07) is 6.51. The molecule has 1 aromatic carbocycles. The van der Waals surface area contributed by atoms with E-state index in [0.29, 0.717) is 5.92 Å². The standard InChI is InChI=1S/C11H17NO3S/c1-8(2)9-3-5-10(6-4-9)16(14,15)11(13)7-12/h3-6,8,11,13H,7,12H2,1-2H3. The Bertz CT molecular complexity index is 437. The Balaban J connectivity index is 3.07. The number of nitrogens with two attached hydrogens (primary N) is 1. The summed E-state index contributed by atoms with van der Waals surface area (Å²) in [5.41, 5.74) is 4.67. The second-order valence-corrected chi connectivity index (χ2v) is 6.06. The van der Waals surface area contributed by atoms with Crippen molar-refractivity contribution in [2.45, 2.75) is 30.1 Å². The summed E-state index contributed by atoms with van der Waals surface area (Å²) in [7, 11) is -3.70. The number of aliphatic hydroxyl groups is 1. The first-order chi connectivity index (χ1) is 7.39. The molecule has 0 aliphatic rings. The van der Waals surface area contributed by atoms with E-state index >= 15 is 0 Å². The SMILES string of the molecule is CC(C)c1ccc(S(=O)(=O)C(O)CN)cc1. The number of sulfone groups is 1. The molecule has 1 unspecified atom stereocenters. The zero-order valence-corrected chi connectivity index (χ0v) is 10.2. The van der Waals surface area contributed by atoms with Crippen molar-refractivity contribution in [2.24, 2.45) is 5.73 Å². The molecule has 3 N–H and O–H groups in total. The van der Waals surface area contributed by atoms with E-state index in [1.54, 1.807) is 12.1 Å². The normalized spacial score (nSPS) is 14.1. The first kappa shape index (κ1) is 13.2. The van der Waals surface area contributed by atoms with Gasteiger partial charge in [0.1, 0.15) is 0 Å². The molecule has 4 nitrogen and oxygen atoms in total. The van der Waals surface area contributed by atoms with Crippen molar-refractivity contribution in [3.05, 3.63) is 29.8 Å². The third kappa shape index (κ3) is 2.61. The summed E-state index contributed by atoms with van der Waals surface area (Å²) < 4.78 is 23.4. The molecule has 0 saturated heterocycles. The largest absolute Gasteiger partial charge is 0.376 e. The molecular formula is C11H17NO3S. The van der Waals surface area contributed by atoms with Gasteiger partial charge in [-0.25, -0.2) is 8.42 Å². The van der Waals surface area contributed by atoms with E-state index in [4.69, 9.17) is 5.73 Å². The minimum atomic E-state index is -3.70. The number of rotatable bonds is 4. The minimum absolute atomic E-state index is 0.106. The van der Waals surface area contributed by atoms with Crippen LogP contribution in [0.25, 0.3) is 0 Å². The molecule has 0 aliphatic heterocycles. The second-order valence-electron chi connectivity index (χ2n) is 3.96. The molecule has 16 heavy (non-hydrogen) atoms. The van der Waals surface area contributed by atoms with Crippen LogP contribution in [0.15, 0.2) is 29.2 Å². The first-order valence-electron chi connectivity index (χ1n) is 5.11. The number of hydrogen-bond donors (Lipinski definition) is 2. The van der Waals surface area contributed by atoms with Crippen molar-refractivity contribution < 1.29 is 13.5 Å². The lowest BCUT2D eigenvalue weighted by atomic mass is 10.0. The summed E-state index contributed by atoms with van der Waals surface area (Å²) in [6.07, 6.45) is 0. The van der Waals surface area contributed by atoms with Crippen LogP contribution < -0.4 is 5.73 Å². The highest BCUT2D eigenvalue weighted by atomic mass is 32.2. The van der Waals surface area contributed by atoms with Gasteiger partial charge in [-0.15, -0.1) is 0 Å². The molecule has 0 saturated carbocycles. The summed E-state index contributed by atoms with van der Waals surface area (Å²) >= 11 is 0. The molecular weight excluding hydrogens is 226 g/mol. The summed E-state index contributed by atoms with van der Waals surface area (Å²) in [6.45, 7) is 3.75.